The van der Waals surface area contributed by atoms with Crippen LogP contribution < -0.4 is 16.2 Å². The Bertz CT molecular complexity index is 774. The van der Waals surface area contributed by atoms with Crippen molar-refractivity contribution in [2.24, 2.45) is 5.92 Å². The zero-order chi connectivity index (χ0) is 18.8. The van der Waals surface area contributed by atoms with Crippen molar-refractivity contribution in [3.8, 4) is 5.69 Å². The van der Waals surface area contributed by atoms with Crippen molar-refractivity contribution in [3.05, 3.63) is 47.3 Å². The topological polar surface area (TPSA) is 71.0 Å². The van der Waals surface area contributed by atoms with Gasteiger partial charge in [0.05, 0.1) is 16.2 Å². The third-order valence-electron chi connectivity index (χ3n) is 4.95. The van der Waals surface area contributed by atoms with Gasteiger partial charge in [-0.15, -0.1) is 0 Å². The third kappa shape index (κ3) is 3.70. The summed E-state index contributed by atoms with van der Waals surface area (Å²) in [5.74, 6) is 0.409. The highest BCUT2D eigenvalue weighted by molar-refractivity contribution is 9.09. The number of nitrogens with zero attached hydrogens (tertiary/aromatic N) is 2. The van der Waals surface area contributed by atoms with E-state index in [2.05, 4.69) is 51.0 Å². The summed E-state index contributed by atoms with van der Waals surface area (Å²) in [5, 5.41) is 7.69. The lowest BCUT2D eigenvalue weighted by Crippen LogP contribution is -2.45. The lowest BCUT2D eigenvalue weighted by Gasteiger charge is -2.19. The van der Waals surface area contributed by atoms with Crippen molar-refractivity contribution in [1.82, 2.24) is 25.9 Å². The fraction of sp³-hybridized carbons (Fsp3) is 0.474. The average molecular weight is 420 g/mol. The Morgan fingerprint density at radius 3 is 2.58 bits per heavy atom. The summed E-state index contributed by atoms with van der Waals surface area (Å²) < 4.78 is 1.92. The monoisotopic (exact) mass is 419 g/mol. The van der Waals surface area contributed by atoms with Crippen molar-refractivity contribution in [2.75, 3.05) is 0 Å². The highest BCUT2D eigenvalue weighted by atomic mass is 79.9. The van der Waals surface area contributed by atoms with Crippen molar-refractivity contribution < 1.29 is 4.79 Å². The van der Waals surface area contributed by atoms with Gasteiger partial charge < -0.3 is 5.32 Å². The highest BCUT2D eigenvalue weighted by Crippen LogP contribution is 2.22. The van der Waals surface area contributed by atoms with Gasteiger partial charge in [-0.2, -0.15) is 5.10 Å². The van der Waals surface area contributed by atoms with E-state index in [0.29, 0.717) is 12.5 Å². The molecule has 0 spiro atoms. The Morgan fingerprint density at radius 2 is 1.96 bits per heavy atom. The number of nitrogens with one attached hydrogen (secondary N) is 3. The van der Waals surface area contributed by atoms with Gasteiger partial charge in [0.15, 0.2) is 0 Å². The highest BCUT2D eigenvalue weighted by Gasteiger charge is 2.39. The Morgan fingerprint density at radius 1 is 1.27 bits per heavy atom. The molecule has 3 unspecified atom stereocenters. The lowest BCUT2D eigenvalue weighted by atomic mass is 9.99. The van der Waals surface area contributed by atoms with Gasteiger partial charge in [-0.05, 0) is 31.9 Å². The minimum atomic E-state index is -0.299. The first-order valence-electron chi connectivity index (χ1n) is 8.93. The predicted molar refractivity (Wildman–Crippen MR) is 106 cm³/mol. The van der Waals surface area contributed by atoms with Gasteiger partial charge in [-0.1, -0.05) is 48.0 Å². The van der Waals surface area contributed by atoms with Gasteiger partial charge in [0.2, 0.25) is 5.91 Å². The summed E-state index contributed by atoms with van der Waals surface area (Å²) >= 11 is 3.66. The van der Waals surface area contributed by atoms with Gasteiger partial charge in [0.1, 0.15) is 6.04 Å². The van der Waals surface area contributed by atoms with E-state index in [0.717, 1.165) is 22.6 Å². The number of para-hydroxylation sites is 1. The number of benzene rings is 1. The molecule has 1 fully saturated rings. The number of hydrazine groups is 1. The number of aromatic nitrogens is 2. The Hall–Kier alpha value is -1.70. The molecular formula is C19H26BrN5O. The molecule has 1 aliphatic heterocycles. The zero-order valence-electron chi connectivity index (χ0n) is 15.6. The summed E-state index contributed by atoms with van der Waals surface area (Å²) in [4.78, 5) is 12.7. The smallest absolute Gasteiger partial charge is 0.239 e. The summed E-state index contributed by atoms with van der Waals surface area (Å²) in [5.41, 5.74) is 10.4. The van der Waals surface area contributed by atoms with Gasteiger partial charge in [0, 0.05) is 23.8 Å². The molecule has 1 amide bonds. The number of alkyl halides is 1. The van der Waals surface area contributed by atoms with Crippen molar-refractivity contribution in [1.29, 1.82) is 0 Å². The number of hydrogen-bond donors (Lipinski definition) is 3. The Balaban J connectivity index is 1.69. The molecule has 140 valence electrons. The van der Waals surface area contributed by atoms with Crippen LogP contribution in [0.15, 0.2) is 30.3 Å². The molecule has 3 atom stereocenters. The number of amides is 1. The van der Waals surface area contributed by atoms with Crippen LogP contribution in [0.25, 0.3) is 5.69 Å². The van der Waals surface area contributed by atoms with E-state index in [9.17, 15) is 4.79 Å². The maximum Gasteiger partial charge on any atom is 0.239 e. The quantitative estimate of drug-likeness (QED) is 0.650. The van der Waals surface area contributed by atoms with E-state index >= 15 is 0 Å². The van der Waals surface area contributed by atoms with Crippen LogP contribution in [0, 0.1) is 19.8 Å². The van der Waals surface area contributed by atoms with E-state index in [1.807, 2.05) is 48.9 Å². The SMILES string of the molecule is Cc1nn(-c2ccccc2)c(C)c1CNC(=O)C1NNC(C(C)C)C1Br. The number of hydrogen-bond acceptors (Lipinski definition) is 4. The molecule has 1 aliphatic rings. The van der Waals surface area contributed by atoms with Gasteiger partial charge in [-0.3, -0.25) is 10.2 Å². The van der Waals surface area contributed by atoms with Crippen LogP contribution in [0.5, 0.6) is 0 Å². The van der Waals surface area contributed by atoms with Crippen LogP contribution in [0.2, 0.25) is 0 Å². The molecule has 2 heterocycles. The summed E-state index contributed by atoms with van der Waals surface area (Å²) in [6.07, 6.45) is 0. The van der Waals surface area contributed by atoms with Gasteiger partial charge in [-0.25, -0.2) is 10.1 Å². The van der Waals surface area contributed by atoms with Crippen molar-refractivity contribution in [3.63, 3.8) is 0 Å². The van der Waals surface area contributed by atoms with Crippen LogP contribution in [-0.4, -0.2) is 32.6 Å². The number of carbonyl (C=O) groups is 1. The first-order chi connectivity index (χ1) is 12.4. The van der Waals surface area contributed by atoms with Gasteiger partial charge in [0.25, 0.3) is 0 Å². The number of halogens is 1. The van der Waals surface area contributed by atoms with Crippen LogP contribution in [0.1, 0.15) is 30.8 Å². The molecule has 1 aromatic heterocycles. The first kappa shape index (κ1) is 19.1. The summed E-state index contributed by atoms with van der Waals surface area (Å²) in [6, 6.07) is 9.94. The van der Waals surface area contributed by atoms with Crippen molar-refractivity contribution >= 4 is 21.8 Å². The van der Waals surface area contributed by atoms with E-state index in [-0.39, 0.29) is 22.8 Å². The molecule has 1 saturated heterocycles. The van der Waals surface area contributed by atoms with E-state index in [4.69, 9.17) is 0 Å². The normalized spacial score (nSPS) is 22.8. The molecule has 0 saturated carbocycles. The molecule has 0 bridgehead atoms. The molecule has 7 heteroatoms. The largest absolute Gasteiger partial charge is 0.350 e. The lowest BCUT2D eigenvalue weighted by molar-refractivity contribution is -0.122. The number of carbonyl (C=O) groups excluding carboxylic acids is 1. The van der Waals surface area contributed by atoms with Crippen LogP contribution in [0.3, 0.4) is 0 Å². The summed E-state index contributed by atoms with van der Waals surface area (Å²) in [7, 11) is 0. The molecule has 3 rings (SSSR count). The first-order valence-corrected chi connectivity index (χ1v) is 9.85. The minimum Gasteiger partial charge on any atom is -0.350 e. The fourth-order valence-corrected chi connectivity index (χ4v) is 4.45. The second-order valence-corrected chi connectivity index (χ2v) is 8.15. The van der Waals surface area contributed by atoms with E-state index in [1.54, 1.807) is 0 Å². The van der Waals surface area contributed by atoms with E-state index < -0.39 is 0 Å². The zero-order valence-corrected chi connectivity index (χ0v) is 17.2. The van der Waals surface area contributed by atoms with Crippen LogP contribution in [0.4, 0.5) is 0 Å². The molecule has 1 aromatic carbocycles. The van der Waals surface area contributed by atoms with E-state index in [1.165, 1.54) is 0 Å². The van der Waals surface area contributed by atoms with Crippen molar-refractivity contribution in [2.45, 2.75) is 51.2 Å². The molecule has 26 heavy (non-hydrogen) atoms. The second kappa shape index (κ2) is 7.90. The van der Waals surface area contributed by atoms with Crippen LogP contribution >= 0.6 is 15.9 Å². The molecule has 2 aromatic rings. The summed E-state index contributed by atoms with van der Waals surface area (Å²) in [6.45, 7) is 8.75. The Kier molecular flexibility index (Phi) is 5.79. The minimum absolute atomic E-state index is 0.0196. The fourth-order valence-electron chi connectivity index (χ4n) is 3.33. The predicted octanol–water partition coefficient (Wildman–Crippen LogP) is 2.37. The maximum absolute atomic E-state index is 12.6. The number of aryl methyl sites for hydroxylation is 1. The molecule has 0 aliphatic carbocycles. The number of rotatable bonds is 5. The standard InChI is InChI=1S/C19H26BrN5O/c1-11(2)17-16(20)18(23-22-17)19(26)21-10-15-12(3)24-25(13(15)4)14-8-6-5-7-9-14/h5-9,11,16-18,22-23H,10H2,1-4H3,(H,21,26). The second-order valence-electron chi connectivity index (χ2n) is 7.10. The van der Waals surface area contributed by atoms with Crippen LogP contribution in [-0.2, 0) is 11.3 Å². The maximum atomic E-state index is 12.6. The average Bonchev–Trinajstić information content (AvgIpc) is 3.14. The molecule has 3 N–H and O–H groups in total. The molecule has 6 nitrogen and oxygen atoms in total. The Labute approximate surface area is 162 Å². The molecular weight excluding hydrogens is 394 g/mol. The molecule has 0 radical (unpaired) electrons. The third-order valence-corrected chi connectivity index (χ3v) is 6.05. The van der Waals surface area contributed by atoms with Gasteiger partial charge >= 0.3 is 0 Å².